The molecule has 3 aliphatic heterocycles. The van der Waals surface area contributed by atoms with Crippen LogP contribution in [0.4, 0.5) is 0 Å². The fourth-order valence-electron chi connectivity index (χ4n) is 7.69. The highest BCUT2D eigenvalue weighted by Crippen LogP contribution is 2.79. The van der Waals surface area contributed by atoms with Gasteiger partial charge in [0.25, 0.3) is 0 Å². The molecule has 3 aliphatic carbocycles. The summed E-state index contributed by atoms with van der Waals surface area (Å²) in [6, 6.07) is 0. The van der Waals surface area contributed by atoms with E-state index in [0.29, 0.717) is 13.0 Å². The Morgan fingerprint density at radius 2 is 2.13 bits per heavy atom. The Morgan fingerprint density at radius 1 is 1.37 bits per heavy atom. The van der Waals surface area contributed by atoms with Gasteiger partial charge in [-0.25, -0.2) is 9.59 Å². The van der Waals surface area contributed by atoms with Gasteiger partial charge >= 0.3 is 11.9 Å². The van der Waals surface area contributed by atoms with Crippen molar-refractivity contribution in [3.63, 3.8) is 0 Å². The van der Waals surface area contributed by atoms with E-state index >= 15 is 0 Å². The lowest BCUT2D eigenvalue weighted by Gasteiger charge is -2.55. The Kier molecular flexibility index (Phi) is 3.52. The second-order valence-corrected chi connectivity index (χ2v) is 10.3. The largest absolute Gasteiger partial charge is 0.458 e. The molecular weight excluding hydrogens is 388 g/mol. The van der Waals surface area contributed by atoms with Crippen molar-refractivity contribution < 1.29 is 33.6 Å². The minimum Gasteiger partial charge on any atom is -0.458 e. The predicted octanol–water partition coefficient (Wildman–Crippen LogP) is 1.68. The van der Waals surface area contributed by atoms with Crippen LogP contribution in [0, 0.1) is 23.2 Å². The van der Waals surface area contributed by atoms with E-state index in [0.717, 1.165) is 30.1 Å². The van der Waals surface area contributed by atoms with Crippen molar-refractivity contribution in [2.75, 3.05) is 6.61 Å². The number of carbonyl (C=O) groups excluding carboxylic acids is 2. The van der Waals surface area contributed by atoms with E-state index < -0.39 is 29.4 Å². The molecule has 2 spiro atoms. The standard InChI is InChI=1S/C23H28O7/c1-5-15(24)28-18-16(10(2)3)17(25)19-23(30-19)21(4)7-6-11-12(9-27-20(11)26)13(21)8-14-22(18,23)29-14/h5,10,13-14,16-19,25H,1,6-9H2,2-4H3. The number of rotatable bonds is 3. The highest BCUT2D eigenvalue weighted by molar-refractivity contribution is 5.92. The summed E-state index contributed by atoms with van der Waals surface area (Å²) in [4.78, 5) is 24.5. The highest BCUT2D eigenvalue weighted by atomic mass is 16.7. The third kappa shape index (κ3) is 1.85. The number of hydrogen-bond donors (Lipinski definition) is 1. The average molecular weight is 416 g/mol. The molecule has 4 fully saturated rings. The Hall–Kier alpha value is -1.70. The number of hydrogen-bond acceptors (Lipinski definition) is 7. The Morgan fingerprint density at radius 3 is 2.83 bits per heavy atom. The number of epoxide rings is 2. The molecule has 1 N–H and O–H groups in total. The number of carbonyl (C=O) groups is 2. The number of cyclic esters (lactones) is 1. The fourth-order valence-corrected chi connectivity index (χ4v) is 7.69. The van der Waals surface area contributed by atoms with Crippen LogP contribution in [0.25, 0.3) is 0 Å². The first-order valence-electron chi connectivity index (χ1n) is 11.0. The van der Waals surface area contributed by atoms with Gasteiger partial charge in [-0.3, -0.25) is 0 Å². The summed E-state index contributed by atoms with van der Waals surface area (Å²) in [5, 5.41) is 11.3. The zero-order valence-corrected chi connectivity index (χ0v) is 17.6. The molecule has 6 rings (SSSR count). The molecule has 3 heterocycles. The van der Waals surface area contributed by atoms with Gasteiger partial charge in [0, 0.05) is 23.0 Å². The summed E-state index contributed by atoms with van der Waals surface area (Å²) in [5.74, 6) is -0.818. The first-order chi connectivity index (χ1) is 14.2. The van der Waals surface area contributed by atoms with E-state index in [1.807, 2.05) is 13.8 Å². The SMILES string of the molecule is C=CC(=O)OC1C(C(C)C)C(O)C2OC23C2(C)CCC4=C(COC4=O)C2CC2OC213. The van der Waals surface area contributed by atoms with Crippen LogP contribution >= 0.6 is 0 Å². The monoisotopic (exact) mass is 416 g/mol. The number of aliphatic hydroxyl groups is 1. The molecular formula is C23H28O7. The maximum absolute atomic E-state index is 12.3. The molecule has 7 nitrogen and oxygen atoms in total. The number of fused-ring (bicyclic) bond motifs is 2. The van der Waals surface area contributed by atoms with Gasteiger partial charge in [0.15, 0.2) is 5.60 Å². The maximum atomic E-state index is 12.3. The minimum absolute atomic E-state index is 0.0797. The number of ether oxygens (including phenoxy) is 4. The molecule has 0 aromatic carbocycles. The van der Waals surface area contributed by atoms with Crippen LogP contribution in [0.5, 0.6) is 0 Å². The average Bonchev–Trinajstić information content (AvgIpc) is 3.58. The minimum atomic E-state index is -0.754. The smallest absolute Gasteiger partial charge is 0.334 e. The van der Waals surface area contributed by atoms with E-state index in [1.54, 1.807) is 0 Å². The van der Waals surface area contributed by atoms with Crippen LogP contribution in [0.2, 0.25) is 0 Å². The lowest BCUT2D eigenvalue weighted by Crippen LogP contribution is -2.70. The van der Waals surface area contributed by atoms with Crippen LogP contribution in [-0.4, -0.2) is 59.3 Å². The Bertz CT molecular complexity index is 907. The second-order valence-electron chi connectivity index (χ2n) is 10.3. The van der Waals surface area contributed by atoms with Crippen molar-refractivity contribution in [1.29, 1.82) is 0 Å². The first kappa shape index (κ1) is 19.0. The van der Waals surface area contributed by atoms with Gasteiger partial charge in [-0.2, -0.15) is 0 Å². The normalized spacial score (nSPS) is 52.4. The zero-order chi connectivity index (χ0) is 21.2. The van der Waals surface area contributed by atoms with Crippen molar-refractivity contribution in [1.82, 2.24) is 0 Å². The van der Waals surface area contributed by atoms with Gasteiger partial charge in [0.1, 0.15) is 24.4 Å². The van der Waals surface area contributed by atoms with Crippen molar-refractivity contribution in [3.05, 3.63) is 23.8 Å². The topological polar surface area (TPSA) is 97.9 Å². The molecule has 0 aromatic rings. The molecule has 30 heavy (non-hydrogen) atoms. The van der Waals surface area contributed by atoms with Crippen LogP contribution < -0.4 is 0 Å². The molecule has 7 heteroatoms. The Balaban J connectivity index is 1.48. The number of esters is 2. The third-order valence-electron chi connectivity index (χ3n) is 9.03. The fraction of sp³-hybridized carbons (Fsp3) is 0.739. The summed E-state index contributed by atoms with van der Waals surface area (Å²) in [6.07, 6.45) is 1.44. The van der Waals surface area contributed by atoms with Gasteiger partial charge in [-0.1, -0.05) is 27.4 Å². The summed E-state index contributed by atoms with van der Waals surface area (Å²) >= 11 is 0. The molecule has 0 radical (unpaired) electrons. The summed E-state index contributed by atoms with van der Waals surface area (Å²) in [5.41, 5.74) is 0.0671. The second kappa shape index (κ2) is 5.56. The summed E-state index contributed by atoms with van der Waals surface area (Å²) in [7, 11) is 0. The molecule has 0 aromatic heterocycles. The van der Waals surface area contributed by atoms with E-state index in [4.69, 9.17) is 18.9 Å². The predicted molar refractivity (Wildman–Crippen MR) is 103 cm³/mol. The lowest BCUT2D eigenvalue weighted by atomic mass is 9.46. The van der Waals surface area contributed by atoms with Crippen molar-refractivity contribution >= 4 is 11.9 Å². The molecule has 6 aliphatic rings. The molecule has 2 saturated heterocycles. The molecule has 0 bridgehead atoms. The molecule has 162 valence electrons. The molecule has 2 saturated carbocycles. The Labute approximate surface area is 175 Å². The quantitative estimate of drug-likeness (QED) is 0.425. The zero-order valence-electron chi connectivity index (χ0n) is 17.6. The van der Waals surface area contributed by atoms with Crippen LogP contribution in [-0.2, 0) is 28.5 Å². The van der Waals surface area contributed by atoms with E-state index in [1.165, 1.54) is 0 Å². The lowest BCUT2D eigenvalue weighted by molar-refractivity contribution is -0.172. The van der Waals surface area contributed by atoms with Crippen LogP contribution in [0.15, 0.2) is 23.8 Å². The highest BCUT2D eigenvalue weighted by Gasteiger charge is 2.95. The summed E-state index contributed by atoms with van der Waals surface area (Å²) < 4.78 is 24.2. The van der Waals surface area contributed by atoms with Gasteiger partial charge < -0.3 is 24.1 Å². The first-order valence-corrected chi connectivity index (χ1v) is 11.0. The van der Waals surface area contributed by atoms with E-state index in [9.17, 15) is 14.7 Å². The van der Waals surface area contributed by atoms with Gasteiger partial charge in [-0.05, 0) is 36.7 Å². The maximum Gasteiger partial charge on any atom is 0.334 e. The van der Waals surface area contributed by atoms with Crippen molar-refractivity contribution in [2.45, 2.75) is 75.7 Å². The van der Waals surface area contributed by atoms with Crippen molar-refractivity contribution in [2.24, 2.45) is 23.2 Å². The van der Waals surface area contributed by atoms with E-state index in [-0.39, 0.29) is 41.3 Å². The van der Waals surface area contributed by atoms with Gasteiger partial charge in [0.05, 0.1) is 12.2 Å². The third-order valence-corrected chi connectivity index (χ3v) is 9.03. The van der Waals surface area contributed by atoms with Gasteiger partial charge in [-0.15, -0.1) is 0 Å². The molecule has 9 unspecified atom stereocenters. The van der Waals surface area contributed by atoms with E-state index in [2.05, 4.69) is 13.5 Å². The van der Waals surface area contributed by atoms with Gasteiger partial charge in [0.2, 0.25) is 0 Å². The van der Waals surface area contributed by atoms with Crippen molar-refractivity contribution in [3.8, 4) is 0 Å². The number of aliphatic hydroxyl groups excluding tert-OH is 1. The summed E-state index contributed by atoms with van der Waals surface area (Å²) in [6.45, 7) is 10.1. The van der Waals surface area contributed by atoms with Crippen LogP contribution in [0.3, 0.4) is 0 Å². The van der Waals surface area contributed by atoms with Crippen LogP contribution in [0.1, 0.15) is 40.0 Å². The molecule has 9 atom stereocenters. The molecule has 0 amide bonds.